The molecule has 0 spiro atoms. The Morgan fingerprint density at radius 3 is 2.31 bits per heavy atom. The van der Waals surface area contributed by atoms with Gasteiger partial charge in [0.15, 0.2) is 0 Å². The van der Waals surface area contributed by atoms with Crippen LogP contribution in [0, 0.1) is 0 Å². The third-order valence-electron chi connectivity index (χ3n) is 5.83. The largest absolute Gasteiger partial charge is 0.367 e. The lowest BCUT2D eigenvalue weighted by atomic mass is 10.1. The summed E-state index contributed by atoms with van der Waals surface area (Å²) < 4.78 is 27.2. The van der Waals surface area contributed by atoms with Crippen molar-refractivity contribution in [1.82, 2.24) is 9.21 Å². The molecular formula is C23H31ClN4O3S. The molecule has 9 heteroatoms. The van der Waals surface area contributed by atoms with Gasteiger partial charge in [0, 0.05) is 44.8 Å². The number of amides is 1. The molecule has 1 saturated heterocycles. The van der Waals surface area contributed by atoms with Gasteiger partial charge in [0.1, 0.15) is 4.90 Å². The third kappa shape index (κ3) is 5.26. The van der Waals surface area contributed by atoms with E-state index in [1.165, 1.54) is 16.4 Å². The molecule has 0 atom stereocenters. The van der Waals surface area contributed by atoms with Gasteiger partial charge in [-0.2, -0.15) is 4.31 Å². The molecule has 3 rings (SSSR count). The number of piperazine rings is 1. The van der Waals surface area contributed by atoms with Crippen LogP contribution in [0.5, 0.6) is 0 Å². The summed E-state index contributed by atoms with van der Waals surface area (Å²) in [6, 6.07) is 12.0. The molecule has 7 nitrogen and oxygen atoms in total. The Morgan fingerprint density at radius 1 is 1.03 bits per heavy atom. The predicted octanol–water partition coefficient (Wildman–Crippen LogP) is 3.76. The maximum Gasteiger partial charge on any atom is 0.255 e. The number of carbonyl (C=O) groups is 1. The smallest absolute Gasteiger partial charge is 0.255 e. The summed E-state index contributed by atoms with van der Waals surface area (Å²) in [6.07, 6.45) is 0. The molecule has 1 N–H and O–H groups in total. The topological polar surface area (TPSA) is 73.0 Å². The van der Waals surface area contributed by atoms with E-state index in [2.05, 4.69) is 22.0 Å². The number of para-hydroxylation sites is 2. The van der Waals surface area contributed by atoms with Crippen LogP contribution in [0.3, 0.4) is 0 Å². The maximum atomic E-state index is 13.1. The number of likely N-dealkylation sites (N-methyl/N-ethyl adjacent to an activating group) is 1. The fourth-order valence-corrected chi connectivity index (χ4v) is 5.86. The van der Waals surface area contributed by atoms with Gasteiger partial charge in [-0.15, -0.1) is 0 Å². The van der Waals surface area contributed by atoms with Gasteiger partial charge in [-0.05, 0) is 36.9 Å². The molecule has 0 unspecified atom stereocenters. The van der Waals surface area contributed by atoms with E-state index in [0.29, 0.717) is 18.8 Å². The fourth-order valence-electron chi connectivity index (χ4n) is 3.90. The van der Waals surface area contributed by atoms with Gasteiger partial charge in [-0.1, -0.05) is 44.5 Å². The van der Waals surface area contributed by atoms with Crippen LogP contribution in [0.2, 0.25) is 5.02 Å². The molecule has 1 aliphatic heterocycles. The average molecular weight is 479 g/mol. The van der Waals surface area contributed by atoms with Gasteiger partial charge in [-0.25, -0.2) is 8.42 Å². The van der Waals surface area contributed by atoms with E-state index in [-0.39, 0.29) is 21.4 Å². The van der Waals surface area contributed by atoms with E-state index in [1.54, 1.807) is 19.9 Å². The van der Waals surface area contributed by atoms with Gasteiger partial charge in [0.2, 0.25) is 10.0 Å². The zero-order chi connectivity index (χ0) is 23.3. The highest BCUT2D eigenvalue weighted by Crippen LogP contribution is 2.29. The van der Waals surface area contributed by atoms with Gasteiger partial charge < -0.3 is 15.1 Å². The molecular weight excluding hydrogens is 448 g/mol. The maximum absolute atomic E-state index is 13.1. The minimum atomic E-state index is -3.79. The van der Waals surface area contributed by atoms with Crippen molar-refractivity contribution in [3.63, 3.8) is 0 Å². The summed E-state index contributed by atoms with van der Waals surface area (Å²) >= 11 is 6.21. The van der Waals surface area contributed by atoms with Crippen LogP contribution in [0.25, 0.3) is 0 Å². The molecule has 2 aromatic rings. The van der Waals surface area contributed by atoms with E-state index in [4.69, 9.17) is 11.6 Å². The molecule has 1 aliphatic rings. The molecule has 0 saturated carbocycles. The van der Waals surface area contributed by atoms with Gasteiger partial charge in [0.05, 0.1) is 16.4 Å². The Labute approximate surface area is 196 Å². The highest BCUT2D eigenvalue weighted by molar-refractivity contribution is 7.89. The lowest BCUT2D eigenvalue weighted by Crippen LogP contribution is -2.46. The summed E-state index contributed by atoms with van der Waals surface area (Å²) in [5.74, 6) is -0.377. The quantitative estimate of drug-likeness (QED) is 0.625. The van der Waals surface area contributed by atoms with Crippen LogP contribution in [0.1, 0.15) is 31.1 Å². The fraction of sp³-hybridized carbons (Fsp3) is 0.435. The first-order valence-corrected chi connectivity index (χ1v) is 12.8. The number of carbonyl (C=O) groups excluding carboxylic acids is 1. The lowest BCUT2D eigenvalue weighted by Gasteiger charge is -2.36. The van der Waals surface area contributed by atoms with Crippen molar-refractivity contribution in [3.8, 4) is 0 Å². The van der Waals surface area contributed by atoms with Gasteiger partial charge in [0.25, 0.3) is 5.91 Å². The molecule has 1 heterocycles. The molecule has 0 aliphatic carbocycles. The Hall–Kier alpha value is -2.13. The van der Waals surface area contributed by atoms with E-state index >= 15 is 0 Å². The van der Waals surface area contributed by atoms with Crippen molar-refractivity contribution in [2.75, 3.05) is 56.0 Å². The second-order valence-electron chi connectivity index (χ2n) is 7.63. The summed E-state index contributed by atoms with van der Waals surface area (Å²) in [4.78, 5) is 17.7. The highest BCUT2D eigenvalue weighted by Gasteiger charge is 2.26. The Kier molecular flexibility index (Phi) is 8.16. The summed E-state index contributed by atoms with van der Waals surface area (Å²) in [5.41, 5.74) is 1.90. The normalized spacial score (nSPS) is 15.2. The number of nitrogens with zero attached hydrogens (tertiary/aromatic N) is 3. The highest BCUT2D eigenvalue weighted by atomic mass is 35.5. The second-order valence-corrected chi connectivity index (χ2v) is 9.94. The summed E-state index contributed by atoms with van der Waals surface area (Å²) in [6.45, 7) is 11.1. The second kappa shape index (κ2) is 10.7. The number of nitrogens with one attached hydrogen (secondary N) is 1. The minimum absolute atomic E-state index is 0.0560. The van der Waals surface area contributed by atoms with Crippen LogP contribution in [0.4, 0.5) is 11.4 Å². The zero-order valence-corrected chi connectivity index (χ0v) is 20.4. The average Bonchev–Trinajstić information content (AvgIpc) is 2.80. The van der Waals surface area contributed by atoms with Crippen molar-refractivity contribution >= 4 is 38.9 Å². The first kappa shape index (κ1) is 24.5. The molecule has 174 valence electrons. The number of halogens is 1. The van der Waals surface area contributed by atoms with Crippen molar-refractivity contribution in [2.45, 2.75) is 25.7 Å². The first-order valence-electron chi connectivity index (χ1n) is 11.0. The monoisotopic (exact) mass is 478 g/mol. The molecule has 2 aromatic carbocycles. The number of anilines is 2. The van der Waals surface area contributed by atoms with E-state index in [1.807, 2.05) is 24.3 Å². The van der Waals surface area contributed by atoms with Gasteiger partial charge >= 0.3 is 0 Å². The van der Waals surface area contributed by atoms with Crippen molar-refractivity contribution in [3.05, 3.63) is 53.1 Å². The van der Waals surface area contributed by atoms with Crippen molar-refractivity contribution in [1.29, 1.82) is 0 Å². The third-order valence-corrected chi connectivity index (χ3v) is 8.36. The molecule has 1 amide bonds. The summed E-state index contributed by atoms with van der Waals surface area (Å²) in [5, 5.41) is 3.06. The molecule has 0 aromatic heterocycles. The SMILES string of the molecule is CCN1CCN(c2ccccc2NC(=O)c2ccc(Cl)c(S(=O)(=O)N(CC)CC)c2)CC1. The standard InChI is InChI=1S/C23H31ClN4O3S/c1-4-26-13-15-27(16-14-26)21-10-8-7-9-20(21)25-23(29)18-11-12-19(24)22(17-18)32(30,31)28(5-2)6-3/h7-12,17H,4-6,13-16H2,1-3H3,(H,25,29). The van der Waals surface area contributed by atoms with E-state index in [0.717, 1.165) is 38.4 Å². The van der Waals surface area contributed by atoms with E-state index < -0.39 is 10.0 Å². The van der Waals surface area contributed by atoms with Crippen LogP contribution < -0.4 is 10.2 Å². The number of hydrogen-bond acceptors (Lipinski definition) is 5. The van der Waals surface area contributed by atoms with E-state index in [9.17, 15) is 13.2 Å². The van der Waals surface area contributed by atoms with Crippen LogP contribution in [-0.2, 0) is 10.0 Å². The number of benzene rings is 2. The Bertz CT molecular complexity index is 1050. The van der Waals surface area contributed by atoms with Gasteiger partial charge in [-0.3, -0.25) is 4.79 Å². The Morgan fingerprint density at radius 2 is 1.69 bits per heavy atom. The molecule has 0 radical (unpaired) electrons. The summed E-state index contributed by atoms with van der Waals surface area (Å²) in [7, 11) is -3.79. The number of hydrogen-bond donors (Lipinski definition) is 1. The van der Waals surface area contributed by atoms with Crippen molar-refractivity contribution in [2.24, 2.45) is 0 Å². The number of sulfonamides is 1. The Balaban J connectivity index is 1.85. The number of rotatable bonds is 8. The molecule has 1 fully saturated rings. The molecule has 32 heavy (non-hydrogen) atoms. The zero-order valence-electron chi connectivity index (χ0n) is 18.8. The first-order chi connectivity index (χ1) is 15.3. The molecule has 0 bridgehead atoms. The van der Waals surface area contributed by atoms with Crippen LogP contribution in [-0.4, -0.2) is 69.3 Å². The van der Waals surface area contributed by atoms with Crippen LogP contribution >= 0.6 is 11.6 Å². The predicted molar refractivity (Wildman–Crippen MR) is 130 cm³/mol. The van der Waals surface area contributed by atoms with Crippen molar-refractivity contribution < 1.29 is 13.2 Å². The van der Waals surface area contributed by atoms with Crippen LogP contribution in [0.15, 0.2) is 47.4 Å². The lowest BCUT2D eigenvalue weighted by molar-refractivity contribution is 0.102. The minimum Gasteiger partial charge on any atom is -0.367 e.